The summed E-state index contributed by atoms with van der Waals surface area (Å²) in [6, 6.07) is 0. The molecule has 4 aliphatic carbocycles. The molecule has 0 spiro atoms. The molecule has 8 atom stereocenters. The number of carbonyl (C=O) groups is 1. The standard InChI is InChI=1S/C42H76O2/c1-5-6-7-8-9-10-11-12-13-14-15-16-17-18-19-22-33-44-40(43)29-24-34(2)37-27-28-38-36-26-25-35-23-20-21-31-41(35,3)39(36)30-32-42(37,38)4/h34-39H,5-33H2,1-4H3/t34?,35?,36-,37+,38-,39-,41-,42+/m0/s1. The lowest BCUT2D eigenvalue weighted by Crippen LogP contribution is -2.53. The van der Waals surface area contributed by atoms with Crippen LogP contribution in [0.2, 0.25) is 0 Å². The van der Waals surface area contributed by atoms with Crippen LogP contribution in [0.4, 0.5) is 0 Å². The molecule has 4 rings (SSSR count). The van der Waals surface area contributed by atoms with Gasteiger partial charge in [0.05, 0.1) is 6.61 Å². The summed E-state index contributed by atoms with van der Waals surface area (Å²) in [6.07, 6.45) is 38.5. The van der Waals surface area contributed by atoms with E-state index in [2.05, 4.69) is 27.7 Å². The predicted octanol–water partition coefficient (Wildman–Crippen LogP) is 13.3. The van der Waals surface area contributed by atoms with Crippen molar-refractivity contribution in [3.8, 4) is 0 Å². The largest absolute Gasteiger partial charge is 0.466 e. The second-order valence-corrected chi connectivity index (χ2v) is 17.2. The van der Waals surface area contributed by atoms with Gasteiger partial charge >= 0.3 is 5.97 Å². The minimum atomic E-state index is 0.0600. The fourth-order valence-electron chi connectivity index (χ4n) is 11.7. The zero-order valence-corrected chi connectivity index (χ0v) is 30.3. The molecule has 0 amide bonds. The van der Waals surface area contributed by atoms with E-state index in [-0.39, 0.29) is 5.97 Å². The van der Waals surface area contributed by atoms with E-state index < -0.39 is 0 Å². The summed E-state index contributed by atoms with van der Waals surface area (Å²) in [6.45, 7) is 10.8. The maximum Gasteiger partial charge on any atom is 0.305 e. The van der Waals surface area contributed by atoms with Crippen LogP contribution in [0.15, 0.2) is 0 Å². The summed E-state index contributed by atoms with van der Waals surface area (Å²) in [5.74, 6) is 5.44. The molecule has 0 aromatic rings. The van der Waals surface area contributed by atoms with E-state index in [4.69, 9.17) is 4.74 Å². The van der Waals surface area contributed by atoms with Gasteiger partial charge in [-0.25, -0.2) is 0 Å². The van der Waals surface area contributed by atoms with Gasteiger partial charge in [-0.05, 0) is 111 Å². The Hall–Kier alpha value is -0.530. The molecule has 0 aliphatic heterocycles. The number of fused-ring (bicyclic) bond motifs is 5. The third-order valence-electron chi connectivity index (χ3n) is 14.4. The zero-order valence-electron chi connectivity index (χ0n) is 30.3. The maximum absolute atomic E-state index is 12.6. The Kier molecular flexibility index (Phi) is 15.4. The van der Waals surface area contributed by atoms with Gasteiger partial charge in [-0.2, -0.15) is 0 Å². The van der Waals surface area contributed by atoms with E-state index in [1.807, 2.05) is 0 Å². The Morgan fingerprint density at radius 2 is 1.25 bits per heavy atom. The quantitative estimate of drug-likeness (QED) is 0.0952. The molecule has 0 radical (unpaired) electrons. The number of carbonyl (C=O) groups excluding carboxylic acids is 1. The topological polar surface area (TPSA) is 26.3 Å². The van der Waals surface area contributed by atoms with E-state index in [1.54, 1.807) is 0 Å². The molecule has 2 unspecified atom stereocenters. The Morgan fingerprint density at radius 1 is 0.659 bits per heavy atom. The van der Waals surface area contributed by atoms with E-state index in [9.17, 15) is 4.79 Å². The minimum Gasteiger partial charge on any atom is -0.466 e. The molecule has 0 N–H and O–H groups in total. The van der Waals surface area contributed by atoms with Crippen LogP contribution < -0.4 is 0 Å². The molecular formula is C42H76O2. The Balaban J connectivity index is 1.01. The van der Waals surface area contributed by atoms with Gasteiger partial charge in [0.15, 0.2) is 0 Å². The average Bonchev–Trinajstić information content (AvgIpc) is 3.38. The number of esters is 1. The SMILES string of the molecule is CCCCCCCCCCCCCCCCCCOC(=O)CCC(C)[C@H]1CC[C@H]2[C@@H]3CCC4CCCC[C@]4(C)[C@H]3CC[C@]12C. The van der Waals surface area contributed by atoms with Crippen molar-refractivity contribution < 1.29 is 9.53 Å². The second-order valence-electron chi connectivity index (χ2n) is 17.2. The van der Waals surface area contributed by atoms with Crippen molar-refractivity contribution in [3.63, 3.8) is 0 Å². The highest BCUT2D eigenvalue weighted by atomic mass is 16.5. The highest BCUT2D eigenvalue weighted by Gasteiger charge is 2.60. The number of rotatable bonds is 21. The van der Waals surface area contributed by atoms with Crippen molar-refractivity contribution in [2.45, 2.75) is 207 Å². The van der Waals surface area contributed by atoms with E-state index in [0.717, 1.165) is 42.4 Å². The van der Waals surface area contributed by atoms with Crippen molar-refractivity contribution in [2.24, 2.45) is 46.3 Å². The Morgan fingerprint density at radius 3 is 1.89 bits per heavy atom. The van der Waals surface area contributed by atoms with Crippen LogP contribution in [0.3, 0.4) is 0 Å². The first kappa shape index (κ1) is 36.3. The van der Waals surface area contributed by atoms with Crippen LogP contribution in [0.1, 0.15) is 207 Å². The van der Waals surface area contributed by atoms with Crippen LogP contribution >= 0.6 is 0 Å². The number of ether oxygens (including phenoxy) is 1. The lowest BCUT2D eigenvalue weighted by molar-refractivity contribution is -0.144. The van der Waals surface area contributed by atoms with Crippen LogP contribution in [0.25, 0.3) is 0 Å². The molecule has 0 bridgehead atoms. The van der Waals surface area contributed by atoms with Crippen molar-refractivity contribution >= 4 is 5.97 Å². The summed E-state index contributed by atoms with van der Waals surface area (Å²) in [5, 5.41) is 0. The van der Waals surface area contributed by atoms with Gasteiger partial charge in [0.25, 0.3) is 0 Å². The third kappa shape index (κ3) is 9.75. The summed E-state index contributed by atoms with van der Waals surface area (Å²) >= 11 is 0. The highest BCUT2D eigenvalue weighted by Crippen LogP contribution is 2.68. The molecule has 2 nitrogen and oxygen atoms in total. The van der Waals surface area contributed by atoms with Crippen LogP contribution in [0, 0.1) is 46.3 Å². The summed E-state index contributed by atoms with van der Waals surface area (Å²) in [4.78, 5) is 12.6. The smallest absolute Gasteiger partial charge is 0.305 e. The molecule has 0 heterocycles. The molecule has 4 aliphatic rings. The summed E-state index contributed by atoms with van der Waals surface area (Å²) < 4.78 is 5.70. The molecule has 0 saturated heterocycles. The summed E-state index contributed by atoms with van der Waals surface area (Å²) in [5.41, 5.74) is 1.15. The van der Waals surface area contributed by atoms with Gasteiger partial charge in [0.1, 0.15) is 0 Å². The van der Waals surface area contributed by atoms with Gasteiger partial charge in [0, 0.05) is 6.42 Å². The number of hydrogen-bond acceptors (Lipinski definition) is 2. The molecule has 2 heteroatoms. The summed E-state index contributed by atoms with van der Waals surface area (Å²) in [7, 11) is 0. The first-order valence-corrected chi connectivity index (χ1v) is 20.6. The van der Waals surface area contributed by atoms with Crippen molar-refractivity contribution in [1.29, 1.82) is 0 Å². The van der Waals surface area contributed by atoms with Gasteiger partial charge in [-0.1, -0.05) is 137 Å². The fourth-order valence-corrected chi connectivity index (χ4v) is 11.7. The van der Waals surface area contributed by atoms with Crippen molar-refractivity contribution in [2.75, 3.05) is 6.61 Å². The zero-order chi connectivity index (χ0) is 31.3. The fraction of sp³-hybridized carbons (Fsp3) is 0.976. The molecule has 4 saturated carbocycles. The molecule has 4 fully saturated rings. The predicted molar refractivity (Wildman–Crippen MR) is 189 cm³/mol. The lowest BCUT2D eigenvalue weighted by Gasteiger charge is -2.61. The van der Waals surface area contributed by atoms with Crippen molar-refractivity contribution in [1.82, 2.24) is 0 Å². The molecular weight excluding hydrogens is 536 g/mol. The molecule has 0 aromatic carbocycles. The highest BCUT2D eigenvalue weighted by molar-refractivity contribution is 5.69. The van der Waals surface area contributed by atoms with Crippen LogP contribution in [-0.2, 0) is 9.53 Å². The average molecular weight is 613 g/mol. The van der Waals surface area contributed by atoms with Gasteiger partial charge in [0.2, 0.25) is 0 Å². The van der Waals surface area contributed by atoms with E-state index in [1.165, 1.54) is 161 Å². The van der Waals surface area contributed by atoms with Crippen LogP contribution in [0.5, 0.6) is 0 Å². The number of unbranched alkanes of at least 4 members (excludes halogenated alkanes) is 15. The molecule has 0 aromatic heterocycles. The first-order chi connectivity index (χ1) is 21.4. The first-order valence-electron chi connectivity index (χ1n) is 20.6. The molecule has 256 valence electrons. The Labute approximate surface area is 275 Å². The minimum absolute atomic E-state index is 0.0600. The Bertz CT molecular complexity index is 806. The molecule has 44 heavy (non-hydrogen) atoms. The van der Waals surface area contributed by atoms with E-state index in [0.29, 0.717) is 29.8 Å². The second kappa shape index (κ2) is 18.7. The monoisotopic (exact) mass is 613 g/mol. The number of hydrogen-bond donors (Lipinski definition) is 0. The maximum atomic E-state index is 12.6. The van der Waals surface area contributed by atoms with E-state index >= 15 is 0 Å². The normalized spacial score (nSPS) is 33.8. The third-order valence-corrected chi connectivity index (χ3v) is 14.4. The van der Waals surface area contributed by atoms with Gasteiger partial charge < -0.3 is 4.74 Å². The van der Waals surface area contributed by atoms with Gasteiger partial charge in [-0.3, -0.25) is 4.79 Å². The van der Waals surface area contributed by atoms with Crippen molar-refractivity contribution in [3.05, 3.63) is 0 Å². The van der Waals surface area contributed by atoms with Crippen LogP contribution in [-0.4, -0.2) is 12.6 Å². The lowest BCUT2D eigenvalue weighted by atomic mass is 9.44. The van der Waals surface area contributed by atoms with Gasteiger partial charge in [-0.15, -0.1) is 0 Å².